The second-order valence-corrected chi connectivity index (χ2v) is 7.44. The lowest BCUT2D eigenvalue weighted by Gasteiger charge is -2.12. The van der Waals surface area contributed by atoms with Crippen LogP contribution in [0.2, 0.25) is 0 Å². The number of aldehydes is 1. The van der Waals surface area contributed by atoms with Crippen LogP contribution in [0.15, 0.2) is 64.9 Å². The number of anilines is 2. The number of nitrogens with zero attached hydrogens (tertiary/aromatic N) is 4. The molecule has 0 unspecified atom stereocenters. The van der Waals surface area contributed by atoms with Crippen LogP contribution in [0.25, 0.3) is 11.1 Å². The third-order valence-corrected chi connectivity index (χ3v) is 5.25. The first kappa shape index (κ1) is 20.9. The van der Waals surface area contributed by atoms with Gasteiger partial charge in [0.1, 0.15) is 6.29 Å². The van der Waals surface area contributed by atoms with E-state index in [-0.39, 0.29) is 17.3 Å². The van der Waals surface area contributed by atoms with E-state index in [0.717, 1.165) is 16.7 Å². The van der Waals surface area contributed by atoms with Gasteiger partial charge in [-0.05, 0) is 55.7 Å². The molecule has 2 heterocycles. The maximum absolute atomic E-state index is 12.8. The molecule has 8 heteroatoms. The summed E-state index contributed by atoms with van der Waals surface area (Å²) >= 11 is 0. The highest BCUT2D eigenvalue weighted by Crippen LogP contribution is 2.34. The van der Waals surface area contributed by atoms with Crippen molar-refractivity contribution in [3.63, 3.8) is 0 Å². The highest BCUT2D eigenvalue weighted by Gasteiger charge is 2.31. The topological polar surface area (TPSA) is 107 Å². The van der Waals surface area contributed by atoms with Gasteiger partial charge in [0.05, 0.1) is 11.4 Å². The molecule has 1 amide bonds. The lowest BCUT2D eigenvalue weighted by atomic mass is 10.0. The summed E-state index contributed by atoms with van der Waals surface area (Å²) in [7, 11) is 0. The van der Waals surface area contributed by atoms with E-state index in [0.29, 0.717) is 28.8 Å². The van der Waals surface area contributed by atoms with Gasteiger partial charge in [0.25, 0.3) is 0 Å². The van der Waals surface area contributed by atoms with Crippen molar-refractivity contribution >= 4 is 35.1 Å². The monoisotopic (exact) mass is 427 g/mol. The molecule has 0 fully saturated rings. The highest BCUT2D eigenvalue weighted by molar-refractivity contribution is 6.71. The van der Waals surface area contributed by atoms with Gasteiger partial charge < -0.3 is 5.11 Å². The second kappa shape index (κ2) is 8.43. The minimum atomic E-state index is -0.456. The van der Waals surface area contributed by atoms with Crippen LogP contribution >= 0.6 is 0 Å². The maximum atomic E-state index is 12.8. The van der Waals surface area contributed by atoms with Crippen LogP contribution < -0.4 is 10.4 Å². The average Bonchev–Trinajstić information content (AvgIpc) is 3.08. The van der Waals surface area contributed by atoms with Crippen molar-refractivity contribution in [1.29, 1.82) is 0 Å². The zero-order valence-corrected chi connectivity index (χ0v) is 17.8. The molecular weight excluding hydrogens is 406 g/mol. The third kappa shape index (κ3) is 3.85. The Morgan fingerprint density at radius 1 is 1.06 bits per heavy atom. The molecule has 0 saturated heterocycles. The van der Waals surface area contributed by atoms with Crippen LogP contribution in [0.5, 0.6) is 5.75 Å². The number of rotatable bonds is 5. The number of aryl methyl sites for hydroxylation is 2. The average molecular weight is 427 g/mol. The summed E-state index contributed by atoms with van der Waals surface area (Å²) in [6, 6.07) is 14.2. The summed E-state index contributed by atoms with van der Waals surface area (Å²) in [6.45, 7) is 5.68. The van der Waals surface area contributed by atoms with Crippen LogP contribution in [0.1, 0.15) is 28.4 Å². The first-order valence-corrected chi connectivity index (χ1v) is 9.93. The van der Waals surface area contributed by atoms with Crippen molar-refractivity contribution in [2.45, 2.75) is 20.8 Å². The van der Waals surface area contributed by atoms with Crippen LogP contribution in [0, 0.1) is 13.8 Å². The van der Waals surface area contributed by atoms with E-state index in [2.05, 4.69) is 20.6 Å². The van der Waals surface area contributed by atoms with Gasteiger partial charge in [-0.2, -0.15) is 15.2 Å². The molecule has 1 aliphatic heterocycles. The Morgan fingerprint density at radius 3 is 2.62 bits per heavy atom. The summed E-state index contributed by atoms with van der Waals surface area (Å²) in [4.78, 5) is 28.0. The number of pyridine rings is 1. The van der Waals surface area contributed by atoms with Gasteiger partial charge >= 0.3 is 5.91 Å². The van der Waals surface area contributed by atoms with Crippen molar-refractivity contribution in [3.8, 4) is 16.9 Å². The molecule has 3 aromatic rings. The molecule has 32 heavy (non-hydrogen) atoms. The lowest BCUT2D eigenvalue weighted by molar-refractivity contribution is -0.112. The molecule has 0 bridgehead atoms. The molecule has 0 atom stereocenters. The lowest BCUT2D eigenvalue weighted by Crippen LogP contribution is -2.28. The molecule has 1 aromatic heterocycles. The normalized spacial score (nSPS) is 14.6. The minimum absolute atomic E-state index is 0.0734. The number of nitrogens with one attached hydrogen (secondary N) is 1. The van der Waals surface area contributed by atoms with Crippen molar-refractivity contribution in [2.24, 2.45) is 10.2 Å². The molecule has 0 spiro atoms. The Balaban J connectivity index is 1.61. The predicted molar refractivity (Wildman–Crippen MR) is 124 cm³/mol. The number of aromatic hydroxyl groups is 1. The van der Waals surface area contributed by atoms with Gasteiger partial charge in [-0.1, -0.05) is 30.3 Å². The van der Waals surface area contributed by atoms with Crippen molar-refractivity contribution < 1.29 is 14.7 Å². The number of carbonyl (C=O) groups excluding carboxylic acids is 2. The van der Waals surface area contributed by atoms with E-state index in [9.17, 15) is 14.7 Å². The van der Waals surface area contributed by atoms with Crippen molar-refractivity contribution in [1.82, 2.24) is 4.98 Å². The number of amides is 1. The second-order valence-electron chi connectivity index (χ2n) is 7.44. The van der Waals surface area contributed by atoms with Crippen LogP contribution in [-0.2, 0) is 4.79 Å². The van der Waals surface area contributed by atoms with E-state index < -0.39 is 5.91 Å². The maximum Gasteiger partial charge on any atom is 0.301 e. The number of aromatic nitrogens is 1. The van der Waals surface area contributed by atoms with Gasteiger partial charge in [0.15, 0.2) is 17.3 Å². The standard InChI is InChI=1S/C24H21N5O3/c1-14-7-8-18(11-15(14)2)20-9-10-25-23(22(20)31)27-26-21-16(3)28-29(24(21)32)19-6-4-5-17(12-19)13-30/h4-13,31H,1-3H3,(H,25,27)/b26-21-. The summed E-state index contributed by atoms with van der Waals surface area (Å²) in [5, 5.41) is 20.3. The molecule has 4 rings (SSSR count). The Kier molecular flexibility index (Phi) is 5.51. The van der Waals surface area contributed by atoms with Gasteiger partial charge in [-0.25, -0.2) is 4.98 Å². The highest BCUT2D eigenvalue weighted by atomic mass is 16.3. The van der Waals surface area contributed by atoms with E-state index in [1.165, 1.54) is 5.01 Å². The minimum Gasteiger partial charge on any atom is -0.504 e. The molecule has 0 radical (unpaired) electrons. The van der Waals surface area contributed by atoms with Gasteiger partial charge in [0, 0.05) is 17.3 Å². The third-order valence-electron chi connectivity index (χ3n) is 5.25. The van der Waals surface area contributed by atoms with Crippen LogP contribution in [0.4, 0.5) is 11.5 Å². The zero-order valence-electron chi connectivity index (χ0n) is 17.8. The fourth-order valence-electron chi connectivity index (χ4n) is 3.32. The molecule has 160 valence electrons. The first-order chi connectivity index (χ1) is 15.4. The van der Waals surface area contributed by atoms with Gasteiger partial charge in [-0.15, -0.1) is 0 Å². The Labute approximate surface area is 184 Å². The molecule has 0 aliphatic carbocycles. The molecular formula is C24H21N5O3. The zero-order chi connectivity index (χ0) is 22.8. The van der Waals surface area contributed by atoms with Gasteiger partial charge in [0.2, 0.25) is 0 Å². The number of carbonyl (C=O) groups is 2. The van der Waals surface area contributed by atoms with Crippen molar-refractivity contribution in [2.75, 3.05) is 10.4 Å². The molecule has 8 nitrogen and oxygen atoms in total. The smallest absolute Gasteiger partial charge is 0.301 e. The number of hydrogen-bond acceptors (Lipinski definition) is 7. The summed E-state index contributed by atoms with van der Waals surface area (Å²) in [6.07, 6.45) is 2.26. The SMILES string of the molecule is CC1=NN(c2cccc(C=O)c2)C(=O)/C1=N\Nc1nccc(-c2ccc(C)c(C)c2)c1O. The van der Waals surface area contributed by atoms with E-state index in [1.807, 2.05) is 32.0 Å². The Hall–Kier alpha value is -4.33. The van der Waals surface area contributed by atoms with Crippen LogP contribution in [-0.4, -0.2) is 33.7 Å². The largest absolute Gasteiger partial charge is 0.504 e. The van der Waals surface area contributed by atoms with Crippen LogP contribution in [0.3, 0.4) is 0 Å². The summed E-state index contributed by atoms with van der Waals surface area (Å²) in [5.41, 5.74) is 7.77. The quantitative estimate of drug-likeness (QED) is 0.471. The number of hydrazone groups is 2. The first-order valence-electron chi connectivity index (χ1n) is 9.93. The van der Waals surface area contributed by atoms with E-state index in [1.54, 1.807) is 43.5 Å². The molecule has 2 aromatic carbocycles. The molecule has 2 N–H and O–H groups in total. The van der Waals surface area contributed by atoms with E-state index in [4.69, 9.17) is 0 Å². The summed E-state index contributed by atoms with van der Waals surface area (Å²) < 4.78 is 0. The Morgan fingerprint density at radius 2 is 1.88 bits per heavy atom. The van der Waals surface area contributed by atoms with E-state index >= 15 is 0 Å². The fraction of sp³-hybridized carbons (Fsp3) is 0.125. The number of hydrogen-bond donors (Lipinski definition) is 2. The Bertz CT molecular complexity index is 1300. The number of benzene rings is 2. The molecule has 1 aliphatic rings. The predicted octanol–water partition coefficient (Wildman–Crippen LogP) is 4.07. The summed E-state index contributed by atoms with van der Waals surface area (Å²) in [5.74, 6) is -0.409. The van der Waals surface area contributed by atoms with Gasteiger partial charge in [-0.3, -0.25) is 15.0 Å². The fourth-order valence-corrected chi connectivity index (χ4v) is 3.32. The van der Waals surface area contributed by atoms with Crippen molar-refractivity contribution in [3.05, 3.63) is 71.4 Å². The molecule has 0 saturated carbocycles.